The lowest BCUT2D eigenvalue weighted by Crippen LogP contribution is -2.16. The summed E-state index contributed by atoms with van der Waals surface area (Å²) in [6.45, 7) is 4.15. The van der Waals surface area contributed by atoms with E-state index < -0.39 is 6.10 Å². The van der Waals surface area contributed by atoms with Gasteiger partial charge in [-0.1, -0.05) is 18.7 Å². The van der Waals surface area contributed by atoms with E-state index in [0.717, 1.165) is 5.76 Å². The standard InChI is InChI=1S/C16H19N5O2S/c1-3-12(22)9-21-15(19-11(2)20-21)14-6-5-13(23-14)10-24-16-17-7-4-8-18-16/h4-8,12,22H,3,9-10H2,1-2H3/t12-/m1/s1. The average Bonchev–Trinajstić information content (AvgIpc) is 3.20. The topological polar surface area (TPSA) is 89.9 Å². The summed E-state index contributed by atoms with van der Waals surface area (Å²) >= 11 is 1.51. The number of furan rings is 1. The van der Waals surface area contributed by atoms with Crippen molar-refractivity contribution < 1.29 is 9.52 Å². The highest BCUT2D eigenvalue weighted by atomic mass is 32.2. The van der Waals surface area contributed by atoms with Gasteiger partial charge in [-0.05, 0) is 31.5 Å². The summed E-state index contributed by atoms with van der Waals surface area (Å²) in [5, 5.41) is 14.9. The summed E-state index contributed by atoms with van der Waals surface area (Å²) in [5.74, 6) is 3.37. The van der Waals surface area contributed by atoms with E-state index >= 15 is 0 Å². The van der Waals surface area contributed by atoms with E-state index in [1.807, 2.05) is 26.0 Å². The Balaban J connectivity index is 1.73. The van der Waals surface area contributed by atoms with Crippen molar-refractivity contribution in [2.75, 3.05) is 0 Å². The minimum Gasteiger partial charge on any atom is -0.457 e. The molecule has 3 aromatic heterocycles. The van der Waals surface area contributed by atoms with Crippen LogP contribution in [0.5, 0.6) is 0 Å². The van der Waals surface area contributed by atoms with Crippen LogP contribution in [-0.4, -0.2) is 35.9 Å². The van der Waals surface area contributed by atoms with E-state index in [1.165, 1.54) is 11.8 Å². The second-order valence-electron chi connectivity index (χ2n) is 5.31. The van der Waals surface area contributed by atoms with Crippen LogP contribution in [0.2, 0.25) is 0 Å². The number of aliphatic hydroxyl groups excluding tert-OH is 1. The van der Waals surface area contributed by atoms with E-state index in [2.05, 4.69) is 20.1 Å². The molecule has 1 N–H and O–H groups in total. The first kappa shape index (κ1) is 16.7. The largest absolute Gasteiger partial charge is 0.457 e. The zero-order valence-corrected chi connectivity index (χ0v) is 14.4. The van der Waals surface area contributed by atoms with Gasteiger partial charge in [-0.15, -0.1) is 0 Å². The summed E-state index contributed by atoms with van der Waals surface area (Å²) in [6, 6.07) is 5.57. The molecule has 0 radical (unpaired) electrons. The van der Waals surface area contributed by atoms with Gasteiger partial charge in [0.15, 0.2) is 16.7 Å². The monoisotopic (exact) mass is 345 g/mol. The maximum atomic E-state index is 9.87. The van der Waals surface area contributed by atoms with Crippen LogP contribution < -0.4 is 0 Å². The van der Waals surface area contributed by atoms with Crippen LogP contribution in [0.4, 0.5) is 0 Å². The normalized spacial score (nSPS) is 12.5. The molecule has 0 amide bonds. The van der Waals surface area contributed by atoms with E-state index in [1.54, 1.807) is 23.1 Å². The van der Waals surface area contributed by atoms with Gasteiger partial charge in [0.1, 0.15) is 11.6 Å². The van der Waals surface area contributed by atoms with Gasteiger partial charge in [-0.3, -0.25) is 0 Å². The van der Waals surface area contributed by atoms with Crippen molar-refractivity contribution >= 4 is 11.8 Å². The number of aromatic nitrogens is 5. The van der Waals surface area contributed by atoms with E-state index in [0.29, 0.717) is 41.3 Å². The Morgan fingerprint density at radius 2 is 2.08 bits per heavy atom. The van der Waals surface area contributed by atoms with Crippen molar-refractivity contribution in [1.82, 2.24) is 24.7 Å². The van der Waals surface area contributed by atoms with Crippen molar-refractivity contribution in [2.24, 2.45) is 0 Å². The molecule has 0 aromatic carbocycles. The number of hydrogen-bond acceptors (Lipinski definition) is 7. The molecule has 24 heavy (non-hydrogen) atoms. The van der Waals surface area contributed by atoms with E-state index in [9.17, 15) is 5.11 Å². The highest BCUT2D eigenvalue weighted by Gasteiger charge is 2.16. The fourth-order valence-electron chi connectivity index (χ4n) is 2.16. The quantitative estimate of drug-likeness (QED) is 0.520. The lowest BCUT2D eigenvalue weighted by Gasteiger charge is -2.08. The van der Waals surface area contributed by atoms with Crippen LogP contribution in [0.3, 0.4) is 0 Å². The molecule has 0 aliphatic rings. The van der Waals surface area contributed by atoms with Crippen LogP contribution in [0.25, 0.3) is 11.6 Å². The Bertz CT molecular complexity index is 787. The van der Waals surface area contributed by atoms with Gasteiger partial charge in [-0.2, -0.15) is 5.10 Å². The molecule has 0 aliphatic heterocycles. The third kappa shape index (κ3) is 4.01. The van der Waals surface area contributed by atoms with Crippen molar-refractivity contribution in [1.29, 1.82) is 0 Å². The van der Waals surface area contributed by atoms with Gasteiger partial charge in [0.05, 0.1) is 18.4 Å². The van der Waals surface area contributed by atoms with Crippen LogP contribution in [0, 0.1) is 6.92 Å². The average molecular weight is 345 g/mol. The Hall–Kier alpha value is -2.19. The molecule has 7 nitrogen and oxygen atoms in total. The van der Waals surface area contributed by atoms with Crippen molar-refractivity contribution in [3.8, 4) is 11.6 Å². The smallest absolute Gasteiger partial charge is 0.194 e. The van der Waals surface area contributed by atoms with E-state index in [4.69, 9.17) is 4.42 Å². The fraction of sp³-hybridized carbons (Fsp3) is 0.375. The number of rotatable bonds is 7. The number of aliphatic hydroxyl groups is 1. The highest BCUT2D eigenvalue weighted by molar-refractivity contribution is 7.98. The van der Waals surface area contributed by atoms with Crippen LogP contribution >= 0.6 is 11.8 Å². The lowest BCUT2D eigenvalue weighted by atomic mass is 10.3. The van der Waals surface area contributed by atoms with Gasteiger partial charge in [-0.25, -0.2) is 19.6 Å². The van der Waals surface area contributed by atoms with Gasteiger partial charge in [0.25, 0.3) is 0 Å². The summed E-state index contributed by atoms with van der Waals surface area (Å²) in [6.07, 6.45) is 3.64. The first-order chi connectivity index (χ1) is 11.7. The maximum Gasteiger partial charge on any atom is 0.194 e. The third-order valence-corrected chi connectivity index (χ3v) is 4.30. The predicted molar refractivity (Wildman–Crippen MR) is 90.4 cm³/mol. The molecule has 0 saturated heterocycles. The molecule has 0 fully saturated rings. The molecule has 8 heteroatoms. The van der Waals surface area contributed by atoms with Crippen molar-refractivity contribution in [2.45, 2.75) is 43.8 Å². The van der Waals surface area contributed by atoms with Crippen LogP contribution in [0.1, 0.15) is 24.9 Å². The molecule has 3 heterocycles. The Morgan fingerprint density at radius 3 is 2.83 bits per heavy atom. The first-order valence-corrected chi connectivity index (χ1v) is 8.72. The molecule has 1 atom stereocenters. The highest BCUT2D eigenvalue weighted by Crippen LogP contribution is 2.25. The van der Waals surface area contributed by atoms with Gasteiger partial charge in [0.2, 0.25) is 0 Å². The summed E-state index contributed by atoms with van der Waals surface area (Å²) in [5.41, 5.74) is 0. The second kappa shape index (κ2) is 7.59. The zero-order valence-electron chi connectivity index (χ0n) is 13.6. The fourth-order valence-corrected chi connectivity index (χ4v) is 2.86. The zero-order chi connectivity index (χ0) is 16.9. The number of nitrogens with zero attached hydrogens (tertiary/aromatic N) is 5. The molecular weight excluding hydrogens is 326 g/mol. The molecule has 3 rings (SSSR count). The first-order valence-electron chi connectivity index (χ1n) is 7.74. The molecule has 126 valence electrons. The third-order valence-electron chi connectivity index (χ3n) is 3.40. The molecule has 0 spiro atoms. The summed E-state index contributed by atoms with van der Waals surface area (Å²) < 4.78 is 7.57. The van der Waals surface area contributed by atoms with Crippen molar-refractivity contribution in [3.63, 3.8) is 0 Å². The van der Waals surface area contributed by atoms with Crippen LogP contribution in [-0.2, 0) is 12.3 Å². The molecule has 0 saturated carbocycles. The second-order valence-corrected chi connectivity index (χ2v) is 6.26. The molecular formula is C16H19N5O2S. The SMILES string of the molecule is CC[C@@H](O)Cn1nc(C)nc1-c1ccc(CSc2ncccn2)o1. The number of thioether (sulfide) groups is 1. The Kier molecular flexibility index (Phi) is 5.27. The van der Waals surface area contributed by atoms with Crippen molar-refractivity contribution in [3.05, 3.63) is 42.2 Å². The minimum absolute atomic E-state index is 0.398. The summed E-state index contributed by atoms with van der Waals surface area (Å²) in [4.78, 5) is 12.8. The molecule has 3 aromatic rings. The molecule has 0 aliphatic carbocycles. The van der Waals surface area contributed by atoms with Gasteiger partial charge in [0, 0.05) is 12.4 Å². The summed E-state index contributed by atoms with van der Waals surface area (Å²) in [7, 11) is 0. The van der Waals surface area contributed by atoms with Crippen LogP contribution in [0.15, 0.2) is 40.2 Å². The molecule has 0 unspecified atom stereocenters. The van der Waals surface area contributed by atoms with Gasteiger partial charge < -0.3 is 9.52 Å². The van der Waals surface area contributed by atoms with Gasteiger partial charge >= 0.3 is 0 Å². The maximum absolute atomic E-state index is 9.87. The number of aryl methyl sites for hydroxylation is 1. The number of hydrogen-bond donors (Lipinski definition) is 1. The predicted octanol–water partition coefficient (Wildman–Crippen LogP) is 2.70. The minimum atomic E-state index is -0.454. The lowest BCUT2D eigenvalue weighted by molar-refractivity contribution is 0.145. The Labute approximate surface area is 144 Å². The Morgan fingerprint density at radius 1 is 1.29 bits per heavy atom. The molecule has 0 bridgehead atoms. The van der Waals surface area contributed by atoms with E-state index in [-0.39, 0.29) is 0 Å².